The molecule has 152 valence electrons. The lowest BCUT2D eigenvalue weighted by Gasteiger charge is -2.30. The second-order valence-corrected chi connectivity index (χ2v) is 7.21. The minimum absolute atomic E-state index is 0.137. The molecule has 0 bridgehead atoms. The van der Waals surface area contributed by atoms with Crippen LogP contribution in [0, 0.1) is 0 Å². The van der Waals surface area contributed by atoms with E-state index in [1.807, 2.05) is 12.1 Å². The van der Waals surface area contributed by atoms with Crippen LogP contribution in [0.4, 0.5) is 13.2 Å². The predicted molar refractivity (Wildman–Crippen MR) is 102 cm³/mol. The van der Waals surface area contributed by atoms with Gasteiger partial charge in [-0.25, -0.2) is 4.68 Å². The van der Waals surface area contributed by atoms with Gasteiger partial charge in [0, 0.05) is 37.1 Å². The summed E-state index contributed by atoms with van der Waals surface area (Å²) in [7, 11) is 0. The maximum Gasteiger partial charge on any atom is 0.416 e. The fourth-order valence-electron chi connectivity index (χ4n) is 3.64. The molecule has 1 aromatic carbocycles. The number of likely N-dealkylation sites (tertiary alicyclic amines) is 1. The molecule has 2 aromatic heterocycles. The topological polar surface area (TPSA) is 72.9 Å². The highest BCUT2D eigenvalue weighted by atomic mass is 19.4. The SMILES string of the molecule is NC1CCCN(Cc2nnn(-c3ccc(C(F)(F)F)cc3)c2-c2ccncc2)C1. The molecule has 0 amide bonds. The van der Waals surface area contributed by atoms with E-state index in [-0.39, 0.29) is 6.04 Å². The maximum absolute atomic E-state index is 12.9. The van der Waals surface area contributed by atoms with Gasteiger partial charge in [-0.05, 0) is 55.8 Å². The molecule has 9 heteroatoms. The van der Waals surface area contributed by atoms with Gasteiger partial charge in [-0.1, -0.05) is 5.21 Å². The molecular formula is C20H21F3N6. The molecule has 0 saturated carbocycles. The van der Waals surface area contributed by atoms with E-state index in [1.165, 1.54) is 12.1 Å². The van der Waals surface area contributed by atoms with E-state index in [9.17, 15) is 13.2 Å². The molecule has 3 aromatic rings. The van der Waals surface area contributed by atoms with Crippen molar-refractivity contribution in [1.29, 1.82) is 0 Å². The van der Waals surface area contributed by atoms with Gasteiger partial charge in [-0.2, -0.15) is 13.2 Å². The molecule has 1 saturated heterocycles. The van der Waals surface area contributed by atoms with E-state index >= 15 is 0 Å². The Bertz CT molecular complexity index is 953. The summed E-state index contributed by atoms with van der Waals surface area (Å²) >= 11 is 0. The van der Waals surface area contributed by atoms with Crippen LogP contribution < -0.4 is 5.73 Å². The summed E-state index contributed by atoms with van der Waals surface area (Å²) in [4.78, 5) is 6.29. The zero-order valence-corrected chi connectivity index (χ0v) is 15.7. The van der Waals surface area contributed by atoms with Crippen LogP contribution in [0.25, 0.3) is 16.9 Å². The monoisotopic (exact) mass is 402 g/mol. The van der Waals surface area contributed by atoms with Gasteiger partial charge in [-0.3, -0.25) is 9.88 Å². The molecule has 4 rings (SSSR count). The van der Waals surface area contributed by atoms with Crippen LogP contribution >= 0.6 is 0 Å². The van der Waals surface area contributed by atoms with Gasteiger partial charge in [-0.15, -0.1) is 5.10 Å². The number of halogens is 3. The number of alkyl halides is 3. The first kappa shape index (κ1) is 19.5. The van der Waals surface area contributed by atoms with Gasteiger partial charge in [0.2, 0.25) is 0 Å². The van der Waals surface area contributed by atoms with E-state index in [1.54, 1.807) is 17.1 Å². The summed E-state index contributed by atoms with van der Waals surface area (Å²) in [5, 5.41) is 8.59. The Morgan fingerprint density at radius 2 is 1.79 bits per heavy atom. The number of nitrogens with two attached hydrogens (primary N) is 1. The third-order valence-corrected chi connectivity index (χ3v) is 5.05. The number of hydrogen-bond donors (Lipinski definition) is 1. The van der Waals surface area contributed by atoms with Crippen molar-refractivity contribution in [2.24, 2.45) is 5.73 Å². The maximum atomic E-state index is 12.9. The number of piperidine rings is 1. The highest BCUT2D eigenvalue weighted by Gasteiger charge is 2.30. The van der Waals surface area contributed by atoms with Crippen LogP contribution in [0.5, 0.6) is 0 Å². The number of benzene rings is 1. The average Bonchev–Trinajstić information content (AvgIpc) is 3.11. The number of hydrogen-bond acceptors (Lipinski definition) is 5. The average molecular weight is 402 g/mol. The minimum Gasteiger partial charge on any atom is -0.327 e. The smallest absolute Gasteiger partial charge is 0.327 e. The molecule has 0 aliphatic carbocycles. The van der Waals surface area contributed by atoms with Crippen molar-refractivity contribution in [1.82, 2.24) is 24.9 Å². The molecule has 1 atom stereocenters. The van der Waals surface area contributed by atoms with Crippen LogP contribution in [0.3, 0.4) is 0 Å². The van der Waals surface area contributed by atoms with Crippen LogP contribution in [0.1, 0.15) is 24.1 Å². The third-order valence-electron chi connectivity index (χ3n) is 5.05. The van der Waals surface area contributed by atoms with Gasteiger partial charge >= 0.3 is 6.18 Å². The first-order valence-corrected chi connectivity index (χ1v) is 9.42. The normalized spacial score (nSPS) is 18.1. The van der Waals surface area contributed by atoms with Crippen LogP contribution in [0.15, 0.2) is 48.8 Å². The van der Waals surface area contributed by atoms with Gasteiger partial charge in [0.25, 0.3) is 0 Å². The largest absolute Gasteiger partial charge is 0.416 e. The van der Waals surface area contributed by atoms with E-state index in [4.69, 9.17) is 5.73 Å². The Morgan fingerprint density at radius 3 is 2.45 bits per heavy atom. The summed E-state index contributed by atoms with van der Waals surface area (Å²) in [5.74, 6) is 0. The number of pyridine rings is 1. The van der Waals surface area contributed by atoms with Gasteiger partial charge in [0.15, 0.2) is 0 Å². The van der Waals surface area contributed by atoms with Gasteiger partial charge < -0.3 is 5.73 Å². The minimum atomic E-state index is -4.38. The quantitative estimate of drug-likeness (QED) is 0.725. The van der Waals surface area contributed by atoms with Crippen molar-refractivity contribution in [3.8, 4) is 16.9 Å². The molecule has 1 aliphatic rings. The molecule has 1 aliphatic heterocycles. The van der Waals surface area contributed by atoms with Crippen LogP contribution in [-0.2, 0) is 12.7 Å². The summed E-state index contributed by atoms with van der Waals surface area (Å²) in [5.41, 5.74) is 8.25. The zero-order chi connectivity index (χ0) is 20.4. The van der Waals surface area contributed by atoms with Crippen molar-refractivity contribution >= 4 is 0 Å². The summed E-state index contributed by atoms with van der Waals surface area (Å²) < 4.78 is 40.3. The van der Waals surface area contributed by atoms with Crippen molar-refractivity contribution in [2.45, 2.75) is 31.6 Å². The Morgan fingerprint density at radius 1 is 1.07 bits per heavy atom. The lowest BCUT2D eigenvalue weighted by Crippen LogP contribution is -2.42. The van der Waals surface area contributed by atoms with E-state index < -0.39 is 11.7 Å². The van der Waals surface area contributed by atoms with Crippen LogP contribution in [0.2, 0.25) is 0 Å². The number of aromatic nitrogens is 4. The summed E-state index contributed by atoms with van der Waals surface area (Å²) in [6, 6.07) is 8.73. The molecule has 6 nitrogen and oxygen atoms in total. The van der Waals surface area contributed by atoms with E-state index in [0.717, 1.165) is 55.0 Å². The Balaban J connectivity index is 1.71. The first-order chi connectivity index (χ1) is 13.9. The highest BCUT2D eigenvalue weighted by molar-refractivity contribution is 5.63. The van der Waals surface area contributed by atoms with Crippen molar-refractivity contribution in [2.75, 3.05) is 13.1 Å². The summed E-state index contributed by atoms with van der Waals surface area (Å²) in [6.07, 6.45) is 0.984. The Kier molecular flexibility index (Phi) is 5.33. The van der Waals surface area contributed by atoms with E-state index in [0.29, 0.717) is 12.2 Å². The lowest BCUT2D eigenvalue weighted by atomic mass is 10.1. The molecular weight excluding hydrogens is 381 g/mol. The summed E-state index contributed by atoms with van der Waals surface area (Å²) in [6.45, 7) is 2.28. The standard InChI is InChI=1S/C20H21F3N6/c21-20(22,23)15-3-5-17(6-4-15)29-19(14-7-9-25-10-8-14)18(26-27-29)13-28-11-1-2-16(24)12-28/h3-10,16H,1-2,11-13,24H2. The Labute approximate surface area is 166 Å². The molecule has 1 fully saturated rings. The molecule has 0 spiro atoms. The Hall–Kier alpha value is -2.78. The van der Waals surface area contributed by atoms with E-state index in [2.05, 4.69) is 20.2 Å². The van der Waals surface area contributed by atoms with Gasteiger partial charge in [0.05, 0.1) is 16.9 Å². The molecule has 3 heterocycles. The number of nitrogens with zero attached hydrogens (tertiary/aromatic N) is 5. The highest BCUT2D eigenvalue weighted by Crippen LogP contribution is 2.31. The second-order valence-electron chi connectivity index (χ2n) is 7.21. The molecule has 1 unspecified atom stereocenters. The first-order valence-electron chi connectivity index (χ1n) is 9.42. The lowest BCUT2D eigenvalue weighted by molar-refractivity contribution is -0.137. The fraction of sp³-hybridized carbons (Fsp3) is 0.350. The predicted octanol–water partition coefficient (Wildman–Crippen LogP) is 3.27. The number of rotatable bonds is 4. The molecule has 2 N–H and O–H groups in total. The zero-order valence-electron chi connectivity index (χ0n) is 15.7. The second kappa shape index (κ2) is 7.92. The van der Waals surface area contributed by atoms with Crippen molar-refractivity contribution in [3.63, 3.8) is 0 Å². The fourth-order valence-corrected chi connectivity index (χ4v) is 3.64. The van der Waals surface area contributed by atoms with Crippen molar-refractivity contribution < 1.29 is 13.2 Å². The van der Waals surface area contributed by atoms with Crippen molar-refractivity contribution in [3.05, 3.63) is 60.0 Å². The van der Waals surface area contributed by atoms with Gasteiger partial charge in [0.1, 0.15) is 5.69 Å². The van der Waals surface area contributed by atoms with Crippen LogP contribution in [-0.4, -0.2) is 44.0 Å². The molecule has 29 heavy (non-hydrogen) atoms. The molecule has 0 radical (unpaired) electrons. The third kappa shape index (κ3) is 4.30.